The van der Waals surface area contributed by atoms with Crippen molar-refractivity contribution in [1.82, 2.24) is 34.8 Å². The molecule has 14 heteroatoms. The maximum Gasteiger partial charge on any atom is 0.414 e. The van der Waals surface area contributed by atoms with Crippen LogP contribution in [0.3, 0.4) is 0 Å². The number of carboxylic acid groups (broad SMARTS) is 2. The zero-order chi connectivity index (χ0) is 42.4. The van der Waals surface area contributed by atoms with E-state index in [0.717, 1.165) is 31.4 Å². The van der Waals surface area contributed by atoms with Crippen LogP contribution in [-0.2, 0) is 36.0 Å². The molecular weight excluding hydrogens is 903 g/mol. The van der Waals surface area contributed by atoms with Crippen LogP contribution >= 0.6 is 35.0 Å². The second-order valence-electron chi connectivity index (χ2n) is 13.6. The summed E-state index contributed by atoms with van der Waals surface area (Å²) in [6.45, 7) is 2.81. The Kier molecular flexibility index (Phi) is 16.8. The molecule has 0 fully saturated rings. The van der Waals surface area contributed by atoms with E-state index < -0.39 is 11.9 Å². The first-order valence-electron chi connectivity index (χ1n) is 19.3. The fourth-order valence-corrected chi connectivity index (χ4v) is 7.32. The molecule has 1 aliphatic heterocycles. The maximum absolute atomic E-state index is 9.10. The molecule has 0 bridgehead atoms. The highest BCUT2D eigenvalue weighted by atomic mass is 127. The molecule has 0 saturated heterocycles. The number of aliphatic carboxylic acids is 2. The summed E-state index contributed by atoms with van der Waals surface area (Å²) in [5.74, 6) is -3.65. The van der Waals surface area contributed by atoms with Gasteiger partial charge in [0.1, 0.15) is 0 Å². The van der Waals surface area contributed by atoms with E-state index in [1.807, 2.05) is 54.1 Å². The summed E-state index contributed by atoms with van der Waals surface area (Å²) in [5, 5.41) is 25.9. The minimum atomic E-state index is -1.82. The number of para-hydroxylation sites is 4. The molecule has 8 N–H and O–H groups in total. The van der Waals surface area contributed by atoms with Gasteiger partial charge >= 0.3 is 11.9 Å². The summed E-state index contributed by atoms with van der Waals surface area (Å²) in [6, 6.07) is 37.6. The lowest BCUT2D eigenvalue weighted by Gasteiger charge is -2.12. The van der Waals surface area contributed by atoms with Crippen molar-refractivity contribution < 1.29 is 19.8 Å². The number of hydrogen-bond acceptors (Lipinski definition) is 6. The summed E-state index contributed by atoms with van der Waals surface area (Å²) in [4.78, 5) is 38.4. The number of H-pyrrole nitrogens is 3. The zero-order valence-corrected chi connectivity index (χ0v) is 36.7. The van der Waals surface area contributed by atoms with Crippen LogP contribution in [0, 0.1) is 0 Å². The van der Waals surface area contributed by atoms with Gasteiger partial charge in [-0.3, -0.25) is 9.97 Å². The third kappa shape index (κ3) is 10.9. The van der Waals surface area contributed by atoms with Gasteiger partial charge in [-0.1, -0.05) is 95.4 Å². The SMILES string of the molecule is CI.Cl.Cn1c2ccccc2c2ccncc21.NCCc1c[nH]c2ccccc12.O=C(O)C(=O)O.c1ccc2c(c1)[nH]c1cnccc12.c1ccc2c3c([nH]c2c1)CNCC3. The number of fused-ring (bicyclic) bond motifs is 10. The molecule has 0 aliphatic carbocycles. The number of nitrogens with two attached hydrogens (primary N) is 1. The quantitative estimate of drug-likeness (QED) is 0.0506. The minimum absolute atomic E-state index is 0. The van der Waals surface area contributed by atoms with E-state index in [1.54, 1.807) is 0 Å². The van der Waals surface area contributed by atoms with E-state index in [4.69, 9.17) is 25.5 Å². The molecule has 0 saturated carbocycles. The van der Waals surface area contributed by atoms with Gasteiger partial charge in [0.2, 0.25) is 0 Å². The lowest BCUT2D eigenvalue weighted by molar-refractivity contribution is -0.159. The van der Waals surface area contributed by atoms with E-state index in [0.29, 0.717) is 6.54 Å². The summed E-state index contributed by atoms with van der Waals surface area (Å²) >= 11 is 2.15. The van der Waals surface area contributed by atoms with Crippen LogP contribution in [0.5, 0.6) is 0 Å². The molecule has 11 rings (SSSR count). The number of nitrogens with one attached hydrogen (secondary N) is 4. The molecule has 0 amide bonds. The van der Waals surface area contributed by atoms with Crippen molar-refractivity contribution in [2.75, 3.05) is 18.0 Å². The van der Waals surface area contributed by atoms with Gasteiger partial charge in [0.25, 0.3) is 0 Å². The molecule has 10 aromatic rings. The topological polar surface area (TPSA) is 191 Å². The van der Waals surface area contributed by atoms with E-state index in [9.17, 15) is 0 Å². The number of benzene rings is 4. The molecule has 314 valence electrons. The number of carboxylic acids is 2. The van der Waals surface area contributed by atoms with E-state index in [-0.39, 0.29) is 12.4 Å². The average molecular weight is 951 g/mol. The molecule has 61 heavy (non-hydrogen) atoms. The Morgan fingerprint density at radius 2 is 1.21 bits per heavy atom. The van der Waals surface area contributed by atoms with Crippen molar-refractivity contribution >= 4 is 112 Å². The molecule has 12 nitrogen and oxygen atoms in total. The predicted molar refractivity (Wildman–Crippen MR) is 259 cm³/mol. The average Bonchev–Trinajstić information content (AvgIpc) is 4.07. The molecule has 6 aromatic heterocycles. The maximum atomic E-state index is 9.10. The Bertz CT molecular complexity index is 2880. The lowest BCUT2D eigenvalue weighted by Crippen LogP contribution is -2.22. The van der Waals surface area contributed by atoms with E-state index in [2.05, 4.69) is 155 Å². The summed E-state index contributed by atoms with van der Waals surface area (Å²) in [5.41, 5.74) is 16.9. The number of aromatic amines is 3. The van der Waals surface area contributed by atoms with Gasteiger partial charge in [-0.15, -0.1) is 12.4 Å². The van der Waals surface area contributed by atoms with Crippen LogP contribution in [0.15, 0.2) is 140 Å². The van der Waals surface area contributed by atoms with Crippen LogP contribution < -0.4 is 11.1 Å². The van der Waals surface area contributed by atoms with E-state index >= 15 is 0 Å². The number of hydrogen-bond donors (Lipinski definition) is 7. The molecule has 0 spiro atoms. The number of halogens is 2. The summed E-state index contributed by atoms with van der Waals surface area (Å²) in [6.07, 6.45) is 11.6. The number of rotatable bonds is 2. The fourth-order valence-electron chi connectivity index (χ4n) is 7.32. The Morgan fingerprint density at radius 3 is 1.90 bits per heavy atom. The van der Waals surface area contributed by atoms with Gasteiger partial charge < -0.3 is 40.8 Å². The molecule has 0 radical (unpaired) electrons. The van der Waals surface area contributed by atoms with Gasteiger partial charge in [0.05, 0.1) is 23.4 Å². The van der Waals surface area contributed by atoms with Crippen molar-refractivity contribution in [2.45, 2.75) is 19.4 Å². The van der Waals surface area contributed by atoms with Gasteiger partial charge in [-0.25, -0.2) is 9.59 Å². The Morgan fingerprint density at radius 1 is 0.672 bits per heavy atom. The molecule has 0 unspecified atom stereocenters. The molecule has 1 aliphatic rings. The van der Waals surface area contributed by atoms with Crippen LogP contribution in [0.25, 0.3) is 65.4 Å². The van der Waals surface area contributed by atoms with Crippen LogP contribution in [0.2, 0.25) is 0 Å². The van der Waals surface area contributed by atoms with Crippen molar-refractivity contribution in [3.63, 3.8) is 0 Å². The third-order valence-electron chi connectivity index (χ3n) is 10.1. The second-order valence-corrected chi connectivity index (χ2v) is 13.6. The van der Waals surface area contributed by atoms with Crippen molar-refractivity contribution in [3.8, 4) is 0 Å². The first-order chi connectivity index (χ1) is 29.3. The third-order valence-corrected chi connectivity index (χ3v) is 10.1. The molecule has 7 heterocycles. The Balaban J connectivity index is 0.000000145. The highest BCUT2D eigenvalue weighted by Gasteiger charge is 2.13. The van der Waals surface area contributed by atoms with Crippen molar-refractivity contribution in [3.05, 3.63) is 157 Å². The smallest absolute Gasteiger partial charge is 0.414 e. The second kappa shape index (κ2) is 22.4. The van der Waals surface area contributed by atoms with Crippen molar-refractivity contribution in [1.29, 1.82) is 0 Å². The highest BCUT2D eigenvalue weighted by Crippen LogP contribution is 2.27. The highest BCUT2D eigenvalue weighted by molar-refractivity contribution is 14.1. The minimum Gasteiger partial charge on any atom is -0.473 e. The van der Waals surface area contributed by atoms with Gasteiger partial charge in [0.15, 0.2) is 0 Å². The zero-order valence-electron chi connectivity index (χ0n) is 33.7. The normalized spacial score (nSPS) is 11.3. The molecule has 4 aromatic carbocycles. The summed E-state index contributed by atoms with van der Waals surface area (Å²) < 4.78 is 2.18. The standard InChI is InChI=1S/C12H10N2.C11H12N2.C11H8N2.C10H12N2.C2H2O4.CH3I.ClH/c1-14-11-5-3-2-4-9(11)10-6-7-13-8-12(10)14;2*1-2-4-10-8(3-1)9-5-6-12-7-11(9)13-10;11-6-5-8-7-12-10-4-2-1-3-9(8)10;3-1(4)2(5)6;1-2;/h2-8H,1H3;1-4,12-13H,5-7H2;1-7,13H;1-4,7,12H,5-6,11H2;(H,3,4)(H,5,6);1H3;1H. The number of carbonyl (C=O) groups is 2. The molecule has 0 atom stereocenters. The van der Waals surface area contributed by atoms with Gasteiger partial charge in [-0.05, 0) is 78.4 Å². The van der Waals surface area contributed by atoms with Crippen LogP contribution in [-0.4, -0.2) is 69.7 Å². The number of pyridine rings is 2. The van der Waals surface area contributed by atoms with Crippen LogP contribution in [0.4, 0.5) is 0 Å². The van der Waals surface area contributed by atoms with Gasteiger partial charge in [0, 0.05) is 92.3 Å². The fraction of sp³-hybridized carbons (Fsp3) is 0.149. The monoisotopic (exact) mass is 950 g/mol. The number of aryl methyl sites for hydroxylation is 1. The van der Waals surface area contributed by atoms with Crippen LogP contribution in [0.1, 0.15) is 16.8 Å². The number of aromatic nitrogens is 6. The van der Waals surface area contributed by atoms with E-state index in [1.165, 1.54) is 76.7 Å². The number of alkyl halides is 1. The molecular formula is C47H48ClIN8O4. The first kappa shape index (κ1) is 45.8. The Labute approximate surface area is 372 Å². The Hall–Kier alpha value is -6.26. The first-order valence-corrected chi connectivity index (χ1v) is 21.5. The predicted octanol–water partition coefficient (Wildman–Crippen LogP) is 9.55. The largest absolute Gasteiger partial charge is 0.473 e. The lowest BCUT2D eigenvalue weighted by atomic mass is 10.1. The number of nitrogens with zero attached hydrogens (tertiary/aromatic N) is 3. The summed E-state index contributed by atoms with van der Waals surface area (Å²) in [7, 11) is 2.08. The van der Waals surface area contributed by atoms with Crippen molar-refractivity contribution in [2.24, 2.45) is 12.8 Å². The van der Waals surface area contributed by atoms with Gasteiger partial charge in [-0.2, -0.15) is 0 Å².